The van der Waals surface area contributed by atoms with Crippen molar-refractivity contribution in [2.75, 3.05) is 13.1 Å². The normalized spacial score (nSPS) is 21.2. The molecule has 3 aromatic rings. The van der Waals surface area contributed by atoms with Crippen molar-refractivity contribution in [2.45, 2.75) is 18.7 Å². The number of rotatable bonds is 4. The first-order chi connectivity index (χ1) is 12.0. The average Bonchev–Trinajstić information content (AvgIpc) is 3.26. The number of fused-ring (bicyclic) bond motifs is 1. The van der Waals surface area contributed by atoms with Crippen LogP contribution >= 0.6 is 0 Å². The van der Waals surface area contributed by atoms with Crippen molar-refractivity contribution < 1.29 is 9.90 Å². The molecule has 0 bridgehead atoms. The van der Waals surface area contributed by atoms with Crippen LogP contribution in [0.25, 0.3) is 11.0 Å². The SMILES string of the molecule is Cn1cc(CN2C[C@@H](O)[C@H](n3ccc4c(C(N)=O)ccnc43)C2)cn1. The maximum atomic E-state index is 11.6. The number of aliphatic hydroxyl groups excluding tert-OH is 1. The second-order valence-electron chi connectivity index (χ2n) is 6.53. The second kappa shape index (κ2) is 5.98. The zero-order valence-corrected chi connectivity index (χ0v) is 13.9. The van der Waals surface area contributed by atoms with Crippen LogP contribution in [0.4, 0.5) is 0 Å². The Hall–Kier alpha value is -2.71. The molecule has 0 aliphatic carbocycles. The minimum Gasteiger partial charge on any atom is -0.390 e. The van der Waals surface area contributed by atoms with Gasteiger partial charge in [-0.1, -0.05) is 0 Å². The molecule has 3 N–H and O–H groups in total. The Labute approximate surface area is 144 Å². The molecule has 0 spiro atoms. The first-order valence-corrected chi connectivity index (χ1v) is 8.16. The molecule has 0 saturated carbocycles. The molecule has 2 atom stereocenters. The van der Waals surface area contributed by atoms with E-state index in [9.17, 15) is 9.90 Å². The summed E-state index contributed by atoms with van der Waals surface area (Å²) < 4.78 is 3.71. The fourth-order valence-corrected chi connectivity index (χ4v) is 3.60. The van der Waals surface area contributed by atoms with E-state index >= 15 is 0 Å². The highest BCUT2D eigenvalue weighted by molar-refractivity contribution is 6.04. The van der Waals surface area contributed by atoms with Crippen molar-refractivity contribution in [1.29, 1.82) is 0 Å². The molecule has 8 nitrogen and oxygen atoms in total. The molecule has 0 radical (unpaired) electrons. The minimum atomic E-state index is -0.508. The Morgan fingerprint density at radius 2 is 2.24 bits per heavy atom. The van der Waals surface area contributed by atoms with Crippen LogP contribution in [0.3, 0.4) is 0 Å². The van der Waals surface area contributed by atoms with E-state index in [0.29, 0.717) is 29.7 Å². The van der Waals surface area contributed by atoms with Crippen LogP contribution < -0.4 is 5.73 Å². The third kappa shape index (κ3) is 2.79. The number of carbonyl (C=O) groups excluding carboxylic acids is 1. The monoisotopic (exact) mass is 340 g/mol. The molecule has 1 amide bonds. The van der Waals surface area contributed by atoms with Crippen LogP contribution in [0, 0.1) is 0 Å². The largest absolute Gasteiger partial charge is 0.390 e. The second-order valence-corrected chi connectivity index (χ2v) is 6.53. The van der Waals surface area contributed by atoms with Crippen molar-refractivity contribution >= 4 is 16.9 Å². The summed E-state index contributed by atoms with van der Waals surface area (Å²) in [7, 11) is 1.89. The van der Waals surface area contributed by atoms with Crippen molar-refractivity contribution in [3.8, 4) is 0 Å². The van der Waals surface area contributed by atoms with Crippen LogP contribution in [0.15, 0.2) is 36.9 Å². The smallest absolute Gasteiger partial charge is 0.249 e. The van der Waals surface area contributed by atoms with Gasteiger partial charge in [0.25, 0.3) is 0 Å². The quantitative estimate of drug-likeness (QED) is 0.710. The number of hydrogen-bond donors (Lipinski definition) is 2. The summed E-state index contributed by atoms with van der Waals surface area (Å²) in [4.78, 5) is 18.2. The fourth-order valence-electron chi connectivity index (χ4n) is 3.60. The first kappa shape index (κ1) is 15.8. The van der Waals surface area contributed by atoms with Gasteiger partial charge in [-0.3, -0.25) is 14.4 Å². The lowest BCUT2D eigenvalue weighted by atomic mass is 10.2. The molecule has 130 valence electrons. The number of carbonyl (C=O) groups is 1. The topological polar surface area (TPSA) is 102 Å². The van der Waals surface area contributed by atoms with Crippen LogP contribution in [-0.4, -0.2) is 54.4 Å². The summed E-state index contributed by atoms with van der Waals surface area (Å²) in [5, 5.41) is 15.4. The Balaban J connectivity index is 1.60. The van der Waals surface area contributed by atoms with Gasteiger partial charge >= 0.3 is 0 Å². The van der Waals surface area contributed by atoms with Gasteiger partial charge in [-0.2, -0.15) is 5.10 Å². The van der Waals surface area contributed by atoms with Gasteiger partial charge in [0.15, 0.2) is 0 Å². The number of primary amides is 1. The van der Waals surface area contributed by atoms with Crippen LogP contribution in [0.5, 0.6) is 0 Å². The molecule has 0 aromatic carbocycles. The Kier molecular flexibility index (Phi) is 3.78. The molecular formula is C17H20N6O2. The van der Waals surface area contributed by atoms with Gasteiger partial charge in [-0.05, 0) is 12.1 Å². The molecule has 1 fully saturated rings. The van der Waals surface area contributed by atoms with Gasteiger partial charge in [0.05, 0.1) is 23.9 Å². The number of pyridine rings is 1. The minimum absolute atomic E-state index is 0.121. The van der Waals surface area contributed by atoms with E-state index in [1.807, 2.05) is 36.3 Å². The number of aromatic nitrogens is 4. The van der Waals surface area contributed by atoms with E-state index in [4.69, 9.17) is 5.73 Å². The lowest BCUT2D eigenvalue weighted by Gasteiger charge is -2.17. The van der Waals surface area contributed by atoms with Gasteiger partial charge in [0, 0.05) is 56.2 Å². The lowest BCUT2D eigenvalue weighted by molar-refractivity contribution is 0.100. The number of hydrogen-bond acceptors (Lipinski definition) is 5. The van der Waals surface area contributed by atoms with E-state index in [-0.39, 0.29) is 6.04 Å². The van der Waals surface area contributed by atoms with Crippen molar-refractivity contribution in [3.63, 3.8) is 0 Å². The molecule has 0 unspecified atom stereocenters. The van der Waals surface area contributed by atoms with Crippen molar-refractivity contribution in [2.24, 2.45) is 12.8 Å². The molecule has 8 heteroatoms. The summed E-state index contributed by atoms with van der Waals surface area (Å²) in [6.45, 7) is 2.01. The van der Waals surface area contributed by atoms with Gasteiger partial charge in [-0.25, -0.2) is 4.98 Å². The van der Waals surface area contributed by atoms with Crippen LogP contribution in [0.1, 0.15) is 22.0 Å². The fraction of sp³-hybridized carbons (Fsp3) is 0.353. The summed E-state index contributed by atoms with van der Waals surface area (Å²) >= 11 is 0. The van der Waals surface area contributed by atoms with Crippen LogP contribution in [0.2, 0.25) is 0 Å². The molecule has 4 rings (SSSR count). The third-order valence-electron chi connectivity index (χ3n) is 4.74. The predicted octanol–water partition coefficient (Wildman–Crippen LogP) is 0.286. The molecule has 1 aliphatic heterocycles. The van der Waals surface area contributed by atoms with E-state index < -0.39 is 12.0 Å². The number of likely N-dealkylation sites (tertiary alicyclic amines) is 1. The molecule has 1 aliphatic rings. The standard InChI is InChI=1S/C17H20N6O2/c1-21-7-11(6-20-21)8-22-9-14(15(24)10-22)23-5-3-13-12(16(18)25)2-4-19-17(13)23/h2-7,14-15,24H,8-10H2,1H3,(H2,18,25)/t14-,15-/m1/s1. The molecule has 3 aromatic heterocycles. The number of aryl methyl sites for hydroxylation is 1. The third-order valence-corrected chi connectivity index (χ3v) is 4.74. The van der Waals surface area contributed by atoms with Crippen LogP contribution in [-0.2, 0) is 13.6 Å². The first-order valence-electron chi connectivity index (χ1n) is 8.16. The van der Waals surface area contributed by atoms with Gasteiger partial charge in [0.1, 0.15) is 5.65 Å². The average molecular weight is 340 g/mol. The summed E-state index contributed by atoms with van der Waals surface area (Å²) in [6.07, 6.45) is 6.75. The molecule has 1 saturated heterocycles. The Morgan fingerprint density at radius 1 is 1.40 bits per heavy atom. The number of nitrogens with two attached hydrogens (primary N) is 1. The van der Waals surface area contributed by atoms with E-state index in [0.717, 1.165) is 12.1 Å². The Bertz CT molecular complexity index is 930. The highest BCUT2D eigenvalue weighted by atomic mass is 16.3. The summed E-state index contributed by atoms with van der Waals surface area (Å²) in [6, 6.07) is 3.33. The highest BCUT2D eigenvalue weighted by Crippen LogP contribution is 2.28. The number of amides is 1. The maximum absolute atomic E-state index is 11.6. The molecule has 4 heterocycles. The van der Waals surface area contributed by atoms with Crippen molar-refractivity contribution in [3.05, 3.63) is 48.0 Å². The summed E-state index contributed by atoms with van der Waals surface area (Å²) in [5.41, 5.74) is 7.67. The van der Waals surface area contributed by atoms with Gasteiger partial charge < -0.3 is 15.4 Å². The van der Waals surface area contributed by atoms with Gasteiger partial charge in [0.2, 0.25) is 5.91 Å². The number of aliphatic hydroxyl groups is 1. The molecular weight excluding hydrogens is 320 g/mol. The number of nitrogens with zero attached hydrogens (tertiary/aromatic N) is 5. The lowest BCUT2D eigenvalue weighted by Crippen LogP contribution is -2.21. The number of β-amino-alcohol motifs (C(OH)–C–C–N with tert-alkyl or cyclic N) is 1. The predicted molar refractivity (Wildman–Crippen MR) is 91.8 cm³/mol. The Morgan fingerprint density at radius 3 is 2.96 bits per heavy atom. The summed E-state index contributed by atoms with van der Waals surface area (Å²) in [5.74, 6) is -0.477. The van der Waals surface area contributed by atoms with E-state index in [2.05, 4.69) is 15.0 Å². The maximum Gasteiger partial charge on any atom is 0.249 e. The van der Waals surface area contributed by atoms with Crippen molar-refractivity contribution in [1.82, 2.24) is 24.2 Å². The van der Waals surface area contributed by atoms with E-state index in [1.165, 1.54) is 0 Å². The molecule has 25 heavy (non-hydrogen) atoms. The van der Waals surface area contributed by atoms with Gasteiger partial charge in [-0.15, -0.1) is 0 Å². The zero-order valence-electron chi connectivity index (χ0n) is 13.9. The zero-order chi connectivity index (χ0) is 17.6. The highest BCUT2D eigenvalue weighted by Gasteiger charge is 2.33. The van der Waals surface area contributed by atoms with E-state index in [1.54, 1.807) is 16.9 Å².